The van der Waals surface area contributed by atoms with E-state index < -0.39 is 0 Å². The highest BCUT2D eigenvalue weighted by Gasteiger charge is 2.27. The van der Waals surface area contributed by atoms with E-state index in [-0.39, 0.29) is 17.8 Å². The molecule has 1 atom stereocenters. The van der Waals surface area contributed by atoms with Crippen LogP contribution in [0.5, 0.6) is 0 Å². The predicted molar refractivity (Wildman–Crippen MR) is 86.4 cm³/mol. The molecule has 1 aromatic carbocycles. The molecule has 4 nitrogen and oxygen atoms in total. The molecule has 0 aliphatic carbocycles. The van der Waals surface area contributed by atoms with Crippen LogP contribution in [0.2, 0.25) is 0 Å². The minimum absolute atomic E-state index is 0.0958. The van der Waals surface area contributed by atoms with Crippen LogP contribution >= 0.6 is 0 Å². The fourth-order valence-corrected chi connectivity index (χ4v) is 3.01. The SMILES string of the molecule is CC(N)C1CCN(C(=O)c2ccc(-c3ccc(F)cc3)o2)CC1. The number of nitrogens with zero attached hydrogens (tertiary/aromatic N) is 1. The monoisotopic (exact) mass is 316 g/mol. The topological polar surface area (TPSA) is 59.5 Å². The van der Waals surface area contributed by atoms with Gasteiger partial charge in [-0.2, -0.15) is 0 Å². The van der Waals surface area contributed by atoms with E-state index in [0.717, 1.165) is 18.4 Å². The second-order valence-corrected chi connectivity index (χ2v) is 6.16. The molecular formula is C18H21FN2O2. The Balaban J connectivity index is 1.68. The molecule has 1 aliphatic rings. The Hall–Kier alpha value is -2.14. The average Bonchev–Trinajstić information content (AvgIpc) is 3.05. The van der Waals surface area contributed by atoms with Crippen LogP contribution < -0.4 is 5.73 Å². The Labute approximate surface area is 135 Å². The van der Waals surface area contributed by atoms with Gasteiger partial charge in [0.25, 0.3) is 5.91 Å². The van der Waals surface area contributed by atoms with Gasteiger partial charge in [0, 0.05) is 24.7 Å². The lowest BCUT2D eigenvalue weighted by atomic mass is 9.91. The van der Waals surface area contributed by atoms with E-state index in [1.54, 1.807) is 24.3 Å². The van der Waals surface area contributed by atoms with Crippen LogP contribution in [0, 0.1) is 11.7 Å². The van der Waals surface area contributed by atoms with Crippen molar-refractivity contribution in [1.82, 2.24) is 4.90 Å². The molecular weight excluding hydrogens is 295 g/mol. The maximum absolute atomic E-state index is 13.0. The Morgan fingerprint density at radius 1 is 1.22 bits per heavy atom. The van der Waals surface area contributed by atoms with Crippen molar-refractivity contribution >= 4 is 5.91 Å². The molecule has 3 rings (SSSR count). The number of hydrogen-bond donors (Lipinski definition) is 1. The predicted octanol–water partition coefficient (Wildman–Crippen LogP) is 3.29. The normalized spacial score (nSPS) is 17.3. The molecule has 23 heavy (non-hydrogen) atoms. The van der Waals surface area contributed by atoms with Crippen molar-refractivity contribution in [1.29, 1.82) is 0 Å². The minimum atomic E-state index is -0.298. The van der Waals surface area contributed by atoms with Gasteiger partial charge in [0.15, 0.2) is 5.76 Å². The van der Waals surface area contributed by atoms with Crippen LogP contribution in [0.1, 0.15) is 30.3 Å². The Bertz CT molecular complexity index is 671. The van der Waals surface area contributed by atoms with E-state index in [2.05, 4.69) is 0 Å². The van der Waals surface area contributed by atoms with Gasteiger partial charge in [-0.3, -0.25) is 4.79 Å². The fourth-order valence-electron chi connectivity index (χ4n) is 3.01. The summed E-state index contributed by atoms with van der Waals surface area (Å²) < 4.78 is 18.6. The molecule has 0 spiro atoms. The summed E-state index contributed by atoms with van der Waals surface area (Å²) in [5.41, 5.74) is 6.68. The molecule has 1 fully saturated rings. The Kier molecular flexibility index (Phi) is 4.48. The van der Waals surface area contributed by atoms with Crippen molar-refractivity contribution < 1.29 is 13.6 Å². The van der Waals surface area contributed by atoms with Gasteiger partial charge in [0.2, 0.25) is 0 Å². The fraction of sp³-hybridized carbons (Fsp3) is 0.389. The van der Waals surface area contributed by atoms with Gasteiger partial charge >= 0.3 is 0 Å². The first-order valence-corrected chi connectivity index (χ1v) is 7.95. The third-order valence-electron chi connectivity index (χ3n) is 4.52. The van der Waals surface area contributed by atoms with Gasteiger partial charge in [-0.1, -0.05) is 0 Å². The summed E-state index contributed by atoms with van der Waals surface area (Å²) in [5, 5.41) is 0. The van der Waals surface area contributed by atoms with Crippen molar-refractivity contribution in [2.24, 2.45) is 11.7 Å². The number of benzene rings is 1. The van der Waals surface area contributed by atoms with Crippen molar-refractivity contribution in [3.63, 3.8) is 0 Å². The van der Waals surface area contributed by atoms with Crippen LogP contribution in [0.3, 0.4) is 0 Å². The van der Waals surface area contributed by atoms with Crippen molar-refractivity contribution in [3.8, 4) is 11.3 Å². The maximum Gasteiger partial charge on any atom is 0.289 e. The first-order chi connectivity index (χ1) is 11.0. The minimum Gasteiger partial charge on any atom is -0.451 e. The zero-order chi connectivity index (χ0) is 16.4. The number of nitrogens with two attached hydrogens (primary N) is 1. The lowest BCUT2D eigenvalue weighted by Gasteiger charge is -2.33. The molecule has 0 saturated carbocycles. The number of carbonyl (C=O) groups excluding carboxylic acids is 1. The quantitative estimate of drug-likeness (QED) is 0.945. The molecule has 0 radical (unpaired) electrons. The summed E-state index contributed by atoms with van der Waals surface area (Å²) >= 11 is 0. The highest BCUT2D eigenvalue weighted by Crippen LogP contribution is 2.25. The van der Waals surface area contributed by atoms with E-state index in [1.807, 2.05) is 11.8 Å². The standard InChI is InChI=1S/C18H21FN2O2/c1-12(20)13-8-10-21(11-9-13)18(22)17-7-6-16(23-17)14-2-4-15(19)5-3-14/h2-7,12-13H,8-11,20H2,1H3. The summed E-state index contributed by atoms with van der Waals surface area (Å²) in [6.45, 7) is 3.43. The van der Waals surface area contributed by atoms with Crippen LogP contribution in [0.25, 0.3) is 11.3 Å². The first kappa shape index (κ1) is 15.7. The molecule has 2 N–H and O–H groups in total. The van der Waals surface area contributed by atoms with Crippen molar-refractivity contribution in [3.05, 3.63) is 48.0 Å². The number of furan rings is 1. The Morgan fingerprint density at radius 3 is 2.48 bits per heavy atom. The van der Waals surface area contributed by atoms with Gasteiger partial charge in [-0.15, -0.1) is 0 Å². The summed E-state index contributed by atoms with van der Waals surface area (Å²) in [7, 11) is 0. The highest BCUT2D eigenvalue weighted by molar-refractivity contribution is 5.92. The smallest absolute Gasteiger partial charge is 0.289 e. The second kappa shape index (κ2) is 6.54. The van der Waals surface area contributed by atoms with Crippen LogP contribution in [-0.2, 0) is 0 Å². The third kappa shape index (κ3) is 3.45. The van der Waals surface area contributed by atoms with Crippen LogP contribution in [0.15, 0.2) is 40.8 Å². The lowest BCUT2D eigenvalue weighted by Crippen LogP contribution is -2.42. The average molecular weight is 316 g/mol. The second-order valence-electron chi connectivity index (χ2n) is 6.16. The molecule has 1 aromatic heterocycles. The molecule has 1 unspecified atom stereocenters. The third-order valence-corrected chi connectivity index (χ3v) is 4.52. The Morgan fingerprint density at radius 2 is 1.87 bits per heavy atom. The zero-order valence-electron chi connectivity index (χ0n) is 13.2. The maximum atomic E-state index is 13.0. The van der Waals surface area contributed by atoms with Gasteiger partial charge in [-0.25, -0.2) is 4.39 Å². The lowest BCUT2D eigenvalue weighted by molar-refractivity contribution is 0.0650. The number of amides is 1. The van der Waals surface area contributed by atoms with Crippen molar-refractivity contribution in [2.45, 2.75) is 25.8 Å². The molecule has 2 aromatic rings. The van der Waals surface area contributed by atoms with Gasteiger partial charge in [0.05, 0.1) is 0 Å². The van der Waals surface area contributed by atoms with E-state index in [9.17, 15) is 9.18 Å². The van der Waals surface area contributed by atoms with Crippen LogP contribution in [0.4, 0.5) is 4.39 Å². The highest BCUT2D eigenvalue weighted by atomic mass is 19.1. The van der Waals surface area contributed by atoms with Crippen molar-refractivity contribution in [2.75, 3.05) is 13.1 Å². The zero-order valence-corrected chi connectivity index (χ0v) is 13.2. The summed E-state index contributed by atoms with van der Waals surface area (Å²) in [5.74, 6) is 0.975. The molecule has 1 saturated heterocycles. The molecule has 122 valence electrons. The summed E-state index contributed by atoms with van der Waals surface area (Å²) in [6, 6.07) is 9.61. The summed E-state index contributed by atoms with van der Waals surface area (Å²) in [6.07, 6.45) is 1.85. The van der Waals surface area contributed by atoms with Gasteiger partial charge < -0.3 is 15.1 Å². The van der Waals surface area contributed by atoms with Gasteiger partial charge in [-0.05, 0) is 62.1 Å². The molecule has 1 aliphatic heterocycles. The van der Waals surface area contributed by atoms with Crippen LogP contribution in [-0.4, -0.2) is 29.9 Å². The molecule has 1 amide bonds. The number of likely N-dealkylation sites (tertiary alicyclic amines) is 1. The summed E-state index contributed by atoms with van der Waals surface area (Å²) in [4.78, 5) is 14.3. The number of piperidine rings is 1. The number of rotatable bonds is 3. The van der Waals surface area contributed by atoms with E-state index in [1.165, 1.54) is 12.1 Å². The first-order valence-electron chi connectivity index (χ1n) is 7.95. The number of carbonyl (C=O) groups is 1. The van der Waals surface area contributed by atoms with E-state index >= 15 is 0 Å². The molecule has 0 bridgehead atoms. The van der Waals surface area contributed by atoms with E-state index in [0.29, 0.717) is 30.5 Å². The van der Waals surface area contributed by atoms with E-state index in [4.69, 9.17) is 10.2 Å². The largest absolute Gasteiger partial charge is 0.451 e. The number of halogens is 1. The number of hydrogen-bond acceptors (Lipinski definition) is 3. The molecule has 5 heteroatoms. The molecule has 2 heterocycles. The van der Waals surface area contributed by atoms with Gasteiger partial charge in [0.1, 0.15) is 11.6 Å².